The number of halogens is 5. The van der Waals surface area contributed by atoms with E-state index in [9.17, 15) is 13.2 Å². The molecule has 1 N–H and O–H groups in total. The van der Waals surface area contributed by atoms with Gasteiger partial charge in [-0.25, -0.2) is 4.98 Å². The zero-order valence-corrected chi connectivity index (χ0v) is 21.6. The lowest BCUT2D eigenvalue weighted by Crippen LogP contribution is -2.29. The number of imidazole rings is 1. The zero-order chi connectivity index (χ0) is 25.0. The van der Waals surface area contributed by atoms with Gasteiger partial charge in [-0.2, -0.15) is 13.2 Å². The Bertz CT molecular complexity index is 1510. The molecule has 2 aromatic carbocycles. The second-order valence-corrected chi connectivity index (χ2v) is 10.1. The van der Waals surface area contributed by atoms with E-state index in [-0.39, 0.29) is 5.56 Å². The molecule has 0 saturated carbocycles. The van der Waals surface area contributed by atoms with E-state index in [1.165, 1.54) is 18.2 Å². The van der Waals surface area contributed by atoms with Crippen LogP contribution in [0.4, 0.5) is 13.2 Å². The lowest BCUT2D eigenvalue weighted by atomic mass is 9.94. The van der Waals surface area contributed by atoms with Crippen LogP contribution >= 0.6 is 31.9 Å². The summed E-state index contributed by atoms with van der Waals surface area (Å²) in [4.78, 5) is 12.4. The molecular formula is C26H16Br2F3N3O. The van der Waals surface area contributed by atoms with E-state index >= 15 is 0 Å². The lowest BCUT2D eigenvalue weighted by Gasteiger charge is -2.31. The molecule has 9 heteroatoms. The van der Waals surface area contributed by atoms with Gasteiger partial charge in [0.25, 0.3) is 0 Å². The van der Waals surface area contributed by atoms with Crippen LogP contribution in [0.25, 0.3) is 22.6 Å². The Labute approximate surface area is 216 Å². The molecule has 4 nitrogen and oxygen atoms in total. The highest BCUT2D eigenvalue weighted by atomic mass is 79.9. The summed E-state index contributed by atoms with van der Waals surface area (Å²) in [5.74, 6) is 6.71. The summed E-state index contributed by atoms with van der Waals surface area (Å²) < 4.78 is 47.7. The minimum absolute atomic E-state index is 0.0771. The van der Waals surface area contributed by atoms with E-state index in [1.54, 1.807) is 24.5 Å². The molecule has 0 atom stereocenters. The second kappa shape index (κ2) is 8.54. The van der Waals surface area contributed by atoms with E-state index in [4.69, 9.17) is 9.72 Å². The van der Waals surface area contributed by atoms with Crippen LogP contribution in [0.2, 0.25) is 0 Å². The van der Waals surface area contributed by atoms with Gasteiger partial charge in [-0.3, -0.25) is 4.98 Å². The quantitative estimate of drug-likeness (QED) is 0.227. The normalized spacial score (nSPS) is 13.8. The molecule has 0 bridgehead atoms. The van der Waals surface area contributed by atoms with Crippen molar-refractivity contribution < 1.29 is 17.9 Å². The molecule has 0 fully saturated rings. The Morgan fingerprint density at radius 3 is 2.43 bits per heavy atom. The molecule has 4 aromatic rings. The summed E-state index contributed by atoms with van der Waals surface area (Å²) in [5.41, 5.74) is 2.13. The summed E-state index contributed by atoms with van der Waals surface area (Å²) in [6, 6.07) is 10.6. The molecular weight excluding hydrogens is 587 g/mol. The van der Waals surface area contributed by atoms with Crippen molar-refractivity contribution in [3.05, 3.63) is 86.2 Å². The standard InChI is InChI=1S/C26H16Br2F3N3O/c1-25(2)23-22(33-24(34-23)21-18(27)12-32-13-19(21)28)16-10-8-14(11-20(16)35-25)7-9-15-5-3-4-6-17(15)26(29,30)31/h3-6,8,10-13H,1-2H3,(H,33,34). The summed E-state index contributed by atoms with van der Waals surface area (Å²) in [6.45, 7) is 3.84. The van der Waals surface area contributed by atoms with E-state index in [0.29, 0.717) is 17.1 Å². The van der Waals surface area contributed by atoms with Crippen molar-refractivity contribution in [3.63, 3.8) is 0 Å². The Morgan fingerprint density at radius 1 is 1.00 bits per heavy atom. The molecule has 2 aromatic heterocycles. The van der Waals surface area contributed by atoms with Crippen molar-refractivity contribution in [1.29, 1.82) is 0 Å². The van der Waals surface area contributed by atoms with E-state index < -0.39 is 17.3 Å². The average Bonchev–Trinajstić information content (AvgIpc) is 3.23. The number of nitrogens with zero attached hydrogens (tertiary/aromatic N) is 2. The monoisotopic (exact) mass is 601 g/mol. The van der Waals surface area contributed by atoms with Gasteiger partial charge in [-0.15, -0.1) is 0 Å². The minimum Gasteiger partial charge on any atom is -0.481 e. The highest BCUT2D eigenvalue weighted by Gasteiger charge is 2.37. The Balaban J connectivity index is 1.57. The molecule has 35 heavy (non-hydrogen) atoms. The van der Waals surface area contributed by atoms with Gasteiger partial charge in [0.15, 0.2) is 0 Å². The number of alkyl halides is 3. The highest BCUT2D eigenvalue weighted by molar-refractivity contribution is 9.11. The first-order valence-electron chi connectivity index (χ1n) is 10.5. The number of benzene rings is 2. The SMILES string of the molecule is CC1(C)Oc2cc(C#Cc3ccccc3C(F)(F)F)ccc2-c2nc(-c3c(Br)cncc3Br)[nH]c21. The number of aromatic nitrogens is 3. The molecule has 176 valence electrons. The molecule has 0 saturated heterocycles. The number of hydrogen-bond donors (Lipinski definition) is 1. The van der Waals surface area contributed by atoms with Crippen molar-refractivity contribution in [2.75, 3.05) is 0 Å². The summed E-state index contributed by atoms with van der Waals surface area (Å²) in [6.07, 6.45) is -1.08. The number of rotatable bonds is 1. The summed E-state index contributed by atoms with van der Waals surface area (Å²) in [5, 5.41) is 0. The summed E-state index contributed by atoms with van der Waals surface area (Å²) in [7, 11) is 0. The van der Waals surface area contributed by atoms with Crippen molar-refractivity contribution >= 4 is 31.9 Å². The molecule has 0 unspecified atom stereocenters. The third-order valence-electron chi connectivity index (χ3n) is 5.57. The van der Waals surface area contributed by atoms with Crippen molar-refractivity contribution in [2.45, 2.75) is 25.6 Å². The first-order chi connectivity index (χ1) is 16.5. The van der Waals surface area contributed by atoms with Crippen LogP contribution in [0.5, 0.6) is 5.75 Å². The van der Waals surface area contributed by atoms with Crippen LogP contribution in [-0.4, -0.2) is 15.0 Å². The fraction of sp³-hybridized carbons (Fsp3) is 0.154. The van der Waals surface area contributed by atoms with Crippen LogP contribution in [0.1, 0.15) is 36.2 Å². The summed E-state index contributed by atoms with van der Waals surface area (Å²) >= 11 is 7.06. The van der Waals surface area contributed by atoms with Crippen LogP contribution in [0.3, 0.4) is 0 Å². The van der Waals surface area contributed by atoms with E-state index in [0.717, 1.165) is 37.5 Å². The van der Waals surface area contributed by atoms with Gasteiger partial charge in [0.2, 0.25) is 0 Å². The molecule has 0 amide bonds. The molecule has 5 rings (SSSR count). The van der Waals surface area contributed by atoms with Crippen LogP contribution in [0.15, 0.2) is 63.8 Å². The second-order valence-electron chi connectivity index (χ2n) is 8.40. The number of ether oxygens (including phenoxy) is 1. The van der Waals surface area contributed by atoms with Gasteiger partial charge in [0.05, 0.1) is 17.0 Å². The van der Waals surface area contributed by atoms with Crippen LogP contribution < -0.4 is 4.74 Å². The van der Waals surface area contributed by atoms with Crippen LogP contribution in [-0.2, 0) is 11.8 Å². The topological polar surface area (TPSA) is 50.8 Å². The Kier molecular flexibility index (Phi) is 5.77. The first kappa shape index (κ1) is 23.6. The largest absolute Gasteiger partial charge is 0.481 e. The lowest BCUT2D eigenvalue weighted by molar-refractivity contribution is -0.137. The minimum atomic E-state index is -4.47. The fourth-order valence-electron chi connectivity index (χ4n) is 3.94. The van der Waals surface area contributed by atoms with Gasteiger partial charge >= 0.3 is 6.18 Å². The number of aromatic amines is 1. The van der Waals surface area contributed by atoms with Gasteiger partial charge < -0.3 is 9.72 Å². The molecule has 3 heterocycles. The molecule has 0 radical (unpaired) electrons. The number of hydrogen-bond acceptors (Lipinski definition) is 3. The molecule has 1 aliphatic rings. The number of fused-ring (bicyclic) bond motifs is 3. The predicted octanol–water partition coefficient (Wildman–Crippen LogP) is 7.71. The third kappa shape index (κ3) is 4.37. The van der Waals surface area contributed by atoms with Crippen molar-refractivity contribution in [3.8, 4) is 40.2 Å². The van der Waals surface area contributed by atoms with Gasteiger partial charge in [0.1, 0.15) is 17.2 Å². The number of nitrogens with one attached hydrogen (secondary N) is 1. The van der Waals surface area contributed by atoms with Crippen LogP contribution in [0, 0.1) is 11.8 Å². The van der Waals surface area contributed by atoms with Gasteiger partial charge in [-0.1, -0.05) is 24.0 Å². The van der Waals surface area contributed by atoms with Gasteiger partial charge in [-0.05, 0) is 76.0 Å². The van der Waals surface area contributed by atoms with E-state index in [1.807, 2.05) is 19.9 Å². The van der Waals surface area contributed by atoms with Gasteiger partial charge in [0, 0.05) is 43.6 Å². The maximum Gasteiger partial charge on any atom is 0.417 e. The number of pyridine rings is 1. The maximum absolute atomic E-state index is 13.3. The average molecular weight is 603 g/mol. The Morgan fingerprint density at radius 2 is 1.71 bits per heavy atom. The number of H-pyrrole nitrogens is 1. The van der Waals surface area contributed by atoms with E-state index in [2.05, 4.69) is 53.7 Å². The Hall–Kier alpha value is -3.09. The molecule has 1 aliphatic heterocycles. The molecule has 0 spiro atoms. The molecule has 0 aliphatic carbocycles. The zero-order valence-electron chi connectivity index (χ0n) is 18.4. The highest BCUT2D eigenvalue weighted by Crippen LogP contribution is 2.46. The smallest absolute Gasteiger partial charge is 0.417 e. The predicted molar refractivity (Wildman–Crippen MR) is 134 cm³/mol. The van der Waals surface area contributed by atoms with Crippen molar-refractivity contribution in [2.24, 2.45) is 0 Å². The third-order valence-corrected chi connectivity index (χ3v) is 6.77. The van der Waals surface area contributed by atoms with Crippen molar-refractivity contribution in [1.82, 2.24) is 15.0 Å². The first-order valence-corrected chi connectivity index (χ1v) is 12.0. The fourth-order valence-corrected chi connectivity index (χ4v) is 5.25. The maximum atomic E-state index is 13.3.